The van der Waals surface area contributed by atoms with Crippen LogP contribution in [0.2, 0.25) is 0 Å². The van der Waals surface area contributed by atoms with Crippen LogP contribution in [-0.4, -0.2) is 30.1 Å². The van der Waals surface area contributed by atoms with Crippen LogP contribution in [-0.2, 0) is 4.79 Å². The number of carbonyl (C=O) groups excluding carboxylic acids is 1. The van der Waals surface area contributed by atoms with Crippen molar-refractivity contribution in [2.75, 3.05) is 18.4 Å². The average Bonchev–Trinajstić information content (AvgIpc) is 2.32. The Balaban J connectivity index is 2.68. The van der Waals surface area contributed by atoms with Gasteiger partial charge in [0.25, 0.3) is 0 Å². The molecule has 98 valence electrons. The highest BCUT2D eigenvalue weighted by Crippen LogP contribution is 2.16. The van der Waals surface area contributed by atoms with Crippen molar-refractivity contribution in [2.24, 2.45) is 0 Å². The standard InChI is InChI=1S/C12H15FN2O3/c1-2-14-6-5-11(16)15-10-7-8(12(17)18)3-4-9(10)13/h3-4,7,14H,2,5-6H2,1H3,(H,15,16)(H,17,18). The second-order valence-electron chi connectivity index (χ2n) is 3.65. The second-order valence-corrected chi connectivity index (χ2v) is 3.65. The number of carbonyl (C=O) groups is 2. The van der Waals surface area contributed by atoms with Gasteiger partial charge in [-0.25, -0.2) is 9.18 Å². The minimum absolute atomic E-state index is 0.0709. The van der Waals surface area contributed by atoms with E-state index < -0.39 is 11.8 Å². The summed E-state index contributed by atoms with van der Waals surface area (Å²) in [6, 6.07) is 3.26. The van der Waals surface area contributed by atoms with Gasteiger partial charge in [-0.2, -0.15) is 0 Å². The number of benzene rings is 1. The van der Waals surface area contributed by atoms with E-state index in [0.29, 0.717) is 6.54 Å². The van der Waals surface area contributed by atoms with Gasteiger partial charge < -0.3 is 15.7 Å². The lowest BCUT2D eigenvalue weighted by molar-refractivity contribution is -0.116. The molecule has 1 aromatic rings. The molecule has 0 aliphatic heterocycles. The highest BCUT2D eigenvalue weighted by molar-refractivity contribution is 5.94. The largest absolute Gasteiger partial charge is 0.478 e. The summed E-state index contributed by atoms with van der Waals surface area (Å²) in [7, 11) is 0. The van der Waals surface area contributed by atoms with Gasteiger partial charge in [-0.1, -0.05) is 6.92 Å². The molecular weight excluding hydrogens is 239 g/mol. The van der Waals surface area contributed by atoms with Gasteiger partial charge in [0.05, 0.1) is 11.3 Å². The lowest BCUT2D eigenvalue weighted by Gasteiger charge is -2.07. The summed E-state index contributed by atoms with van der Waals surface area (Å²) in [4.78, 5) is 22.2. The third-order valence-electron chi connectivity index (χ3n) is 2.27. The van der Waals surface area contributed by atoms with Crippen LogP contribution in [0.4, 0.5) is 10.1 Å². The number of carboxylic acids is 1. The van der Waals surface area contributed by atoms with Crippen LogP contribution in [0.15, 0.2) is 18.2 Å². The van der Waals surface area contributed by atoms with Crippen molar-refractivity contribution in [1.82, 2.24) is 5.32 Å². The zero-order chi connectivity index (χ0) is 13.5. The van der Waals surface area contributed by atoms with Crippen LogP contribution in [0.5, 0.6) is 0 Å². The van der Waals surface area contributed by atoms with Crippen molar-refractivity contribution in [2.45, 2.75) is 13.3 Å². The summed E-state index contributed by atoms with van der Waals surface area (Å²) in [5, 5.41) is 14.1. The maximum absolute atomic E-state index is 13.4. The van der Waals surface area contributed by atoms with E-state index in [0.717, 1.165) is 24.7 Å². The molecule has 5 nitrogen and oxygen atoms in total. The molecule has 0 aliphatic carbocycles. The topological polar surface area (TPSA) is 78.4 Å². The van der Waals surface area contributed by atoms with E-state index in [4.69, 9.17) is 5.11 Å². The number of carboxylic acid groups (broad SMARTS) is 1. The predicted molar refractivity (Wildman–Crippen MR) is 65.1 cm³/mol. The fourth-order valence-corrected chi connectivity index (χ4v) is 1.35. The number of hydrogen-bond acceptors (Lipinski definition) is 3. The lowest BCUT2D eigenvalue weighted by Crippen LogP contribution is -2.21. The molecule has 6 heteroatoms. The van der Waals surface area contributed by atoms with Gasteiger partial charge in [0, 0.05) is 13.0 Å². The number of rotatable bonds is 6. The van der Waals surface area contributed by atoms with Crippen LogP contribution in [0.3, 0.4) is 0 Å². The molecule has 0 unspecified atom stereocenters. The van der Waals surface area contributed by atoms with Gasteiger partial charge >= 0.3 is 5.97 Å². The first-order valence-electron chi connectivity index (χ1n) is 5.58. The van der Waals surface area contributed by atoms with Crippen molar-refractivity contribution in [3.05, 3.63) is 29.6 Å². The summed E-state index contributed by atoms with van der Waals surface area (Å²) in [6.07, 6.45) is 0.199. The normalized spacial score (nSPS) is 10.1. The first-order chi connectivity index (χ1) is 8.54. The molecule has 0 heterocycles. The number of hydrogen-bond donors (Lipinski definition) is 3. The van der Waals surface area contributed by atoms with Gasteiger partial charge in [-0.05, 0) is 24.7 Å². The number of anilines is 1. The fraction of sp³-hybridized carbons (Fsp3) is 0.333. The highest BCUT2D eigenvalue weighted by atomic mass is 19.1. The molecule has 0 saturated heterocycles. The molecular formula is C12H15FN2O3. The molecule has 0 bridgehead atoms. The first-order valence-corrected chi connectivity index (χ1v) is 5.58. The molecule has 0 atom stereocenters. The van der Waals surface area contributed by atoms with E-state index in [1.54, 1.807) is 0 Å². The molecule has 0 aromatic heterocycles. The van der Waals surface area contributed by atoms with E-state index in [9.17, 15) is 14.0 Å². The molecule has 0 fully saturated rings. The quantitative estimate of drug-likeness (QED) is 0.672. The SMILES string of the molecule is CCNCCC(=O)Nc1cc(C(=O)O)ccc1F. The summed E-state index contributed by atoms with van der Waals surface area (Å²) in [6.45, 7) is 3.15. The maximum atomic E-state index is 13.4. The highest BCUT2D eigenvalue weighted by Gasteiger charge is 2.10. The Labute approximate surface area is 104 Å². The number of halogens is 1. The van der Waals surface area contributed by atoms with E-state index in [-0.39, 0.29) is 23.6 Å². The fourth-order valence-electron chi connectivity index (χ4n) is 1.35. The Morgan fingerprint density at radius 2 is 2.11 bits per heavy atom. The van der Waals surface area contributed by atoms with Crippen molar-refractivity contribution >= 4 is 17.6 Å². The van der Waals surface area contributed by atoms with Gasteiger partial charge in [-0.3, -0.25) is 4.79 Å². The van der Waals surface area contributed by atoms with Crippen molar-refractivity contribution in [3.8, 4) is 0 Å². The Morgan fingerprint density at radius 1 is 1.39 bits per heavy atom. The zero-order valence-corrected chi connectivity index (χ0v) is 10.00. The number of aromatic carboxylic acids is 1. The summed E-state index contributed by atoms with van der Waals surface area (Å²) < 4.78 is 13.4. The lowest BCUT2D eigenvalue weighted by atomic mass is 10.2. The Hall–Kier alpha value is -1.95. The molecule has 0 radical (unpaired) electrons. The minimum atomic E-state index is -1.17. The molecule has 1 aromatic carbocycles. The third kappa shape index (κ3) is 4.14. The van der Waals surface area contributed by atoms with E-state index >= 15 is 0 Å². The number of amides is 1. The Kier molecular flexibility index (Phi) is 5.26. The van der Waals surface area contributed by atoms with E-state index in [2.05, 4.69) is 10.6 Å². The Bertz CT molecular complexity index is 449. The second kappa shape index (κ2) is 6.70. The van der Waals surface area contributed by atoms with Crippen molar-refractivity contribution in [1.29, 1.82) is 0 Å². The van der Waals surface area contributed by atoms with Crippen LogP contribution in [0.1, 0.15) is 23.7 Å². The van der Waals surface area contributed by atoms with Gasteiger partial charge in [0.15, 0.2) is 0 Å². The van der Waals surface area contributed by atoms with Gasteiger partial charge in [-0.15, -0.1) is 0 Å². The maximum Gasteiger partial charge on any atom is 0.335 e. The Morgan fingerprint density at radius 3 is 2.72 bits per heavy atom. The molecule has 1 rings (SSSR count). The third-order valence-corrected chi connectivity index (χ3v) is 2.27. The molecule has 0 aliphatic rings. The molecule has 0 spiro atoms. The molecule has 0 saturated carbocycles. The molecule has 18 heavy (non-hydrogen) atoms. The minimum Gasteiger partial charge on any atom is -0.478 e. The van der Waals surface area contributed by atoms with E-state index in [1.807, 2.05) is 6.92 Å². The van der Waals surface area contributed by atoms with Crippen LogP contribution in [0.25, 0.3) is 0 Å². The van der Waals surface area contributed by atoms with Crippen molar-refractivity contribution < 1.29 is 19.1 Å². The van der Waals surface area contributed by atoms with E-state index in [1.165, 1.54) is 0 Å². The summed E-state index contributed by atoms with van der Waals surface area (Å²) >= 11 is 0. The van der Waals surface area contributed by atoms with Crippen LogP contribution >= 0.6 is 0 Å². The van der Waals surface area contributed by atoms with Gasteiger partial charge in [0.2, 0.25) is 5.91 Å². The van der Waals surface area contributed by atoms with Gasteiger partial charge in [0.1, 0.15) is 5.82 Å². The summed E-state index contributed by atoms with van der Waals surface area (Å²) in [5.41, 5.74) is -0.185. The first kappa shape index (κ1) is 14.1. The smallest absolute Gasteiger partial charge is 0.335 e. The average molecular weight is 254 g/mol. The monoisotopic (exact) mass is 254 g/mol. The molecule has 1 amide bonds. The van der Waals surface area contributed by atoms with Crippen LogP contribution < -0.4 is 10.6 Å². The number of nitrogens with one attached hydrogen (secondary N) is 2. The van der Waals surface area contributed by atoms with Crippen molar-refractivity contribution in [3.63, 3.8) is 0 Å². The summed E-state index contributed by atoms with van der Waals surface area (Å²) in [5.74, 6) is -2.19. The molecule has 3 N–H and O–H groups in total. The zero-order valence-electron chi connectivity index (χ0n) is 10.00. The van der Waals surface area contributed by atoms with Crippen LogP contribution in [0, 0.1) is 5.82 Å². The predicted octanol–water partition coefficient (Wildman–Crippen LogP) is 1.46.